The fourth-order valence-corrected chi connectivity index (χ4v) is 5.58. The number of benzene rings is 3. The van der Waals surface area contributed by atoms with Gasteiger partial charge in [0.25, 0.3) is 0 Å². The molecule has 0 amide bonds. The second-order valence-electron chi connectivity index (χ2n) is 10.4. The van der Waals surface area contributed by atoms with Crippen LogP contribution in [0, 0.1) is 5.92 Å². The minimum atomic E-state index is -0.806. The first-order valence-corrected chi connectivity index (χ1v) is 12.7. The van der Waals surface area contributed by atoms with Crippen LogP contribution in [0.4, 0.5) is 0 Å². The second kappa shape index (κ2) is 9.55. The van der Waals surface area contributed by atoms with Crippen LogP contribution in [-0.2, 0) is 5.60 Å². The third-order valence-electron chi connectivity index (χ3n) is 7.64. The zero-order valence-corrected chi connectivity index (χ0v) is 21.5. The molecule has 2 aliphatic rings. The molecule has 0 aromatic heterocycles. The average molecular weight is 486 g/mol. The molecule has 0 radical (unpaired) electrons. The number of likely N-dealkylation sites (tertiary alicyclic amines) is 1. The van der Waals surface area contributed by atoms with Crippen LogP contribution in [0.5, 0.6) is 23.0 Å². The molecule has 5 nitrogen and oxygen atoms in total. The van der Waals surface area contributed by atoms with Gasteiger partial charge in [0, 0.05) is 23.7 Å². The van der Waals surface area contributed by atoms with E-state index in [1.807, 2.05) is 37.3 Å². The van der Waals surface area contributed by atoms with Crippen molar-refractivity contribution in [3.63, 3.8) is 0 Å². The SMILES string of the molecule is CC1=C(c2cccc(O)c2)C(C)(c2ccc(OCC(C)N3CCC(C)C3)cc2)Oc2ccc(O)cc21. The standard InChI is InChI=1S/C31H35NO4/c1-20-14-15-32(18-20)21(2)19-35-27-11-8-24(9-12-27)31(4)30(23-6-5-7-25(33)16-23)22(3)28-17-26(34)10-13-29(28)36-31/h5-13,16-17,20-21,33-34H,14-15,18-19H2,1-4H3. The van der Waals surface area contributed by atoms with Crippen molar-refractivity contribution in [3.8, 4) is 23.0 Å². The molecular formula is C31H35NO4. The smallest absolute Gasteiger partial charge is 0.157 e. The zero-order valence-electron chi connectivity index (χ0n) is 21.5. The van der Waals surface area contributed by atoms with E-state index >= 15 is 0 Å². The maximum atomic E-state index is 10.2. The minimum absolute atomic E-state index is 0.190. The van der Waals surface area contributed by atoms with Crippen LogP contribution >= 0.6 is 0 Å². The summed E-state index contributed by atoms with van der Waals surface area (Å²) in [6, 6.07) is 20.9. The molecule has 0 spiro atoms. The van der Waals surface area contributed by atoms with E-state index in [1.165, 1.54) is 6.42 Å². The van der Waals surface area contributed by atoms with Crippen molar-refractivity contribution in [2.45, 2.75) is 45.8 Å². The van der Waals surface area contributed by atoms with Crippen molar-refractivity contribution < 1.29 is 19.7 Å². The normalized spacial score (nSPS) is 22.7. The van der Waals surface area contributed by atoms with Crippen molar-refractivity contribution >= 4 is 11.1 Å². The fraction of sp³-hybridized carbons (Fsp3) is 0.355. The molecule has 2 aliphatic heterocycles. The Morgan fingerprint density at radius 2 is 1.81 bits per heavy atom. The number of allylic oxidation sites excluding steroid dienone is 1. The molecule has 5 rings (SSSR count). The van der Waals surface area contributed by atoms with Crippen molar-refractivity contribution in [2.24, 2.45) is 5.92 Å². The predicted molar refractivity (Wildman–Crippen MR) is 143 cm³/mol. The first-order valence-electron chi connectivity index (χ1n) is 12.7. The molecule has 2 N–H and O–H groups in total. The van der Waals surface area contributed by atoms with Gasteiger partial charge in [0.2, 0.25) is 0 Å². The first kappa shape index (κ1) is 24.3. The molecule has 1 fully saturated rings. The molecule has 3 atom stereocenters. The number of phenolic OH excluding ortho intramolecular Hbond substituents is 2. The lowest BCUT2D eigenvalue weighted by molar-refractivity contribution is 0.148. The third-order valence-corrected chi connectivity index (χ3v) is 7.64. The lowest BCUT2D eigenvalue weighted by atomic mass is 9.77. The summed E-state index contributed by atoms with van der Waals surface area (Å²) in [5, 5.41) is 20.3. The van der Waals surface area contributed by atoms with E-state index in [1.54, 1.807) is 24.3 Å². The van der Waals surface area contributed by atoms with Gasteiger partial charge in [-0.2, -0.15) is 0 Å². The Hall–Kier alpha value is -3.44. The van der Waals surface area contributed by atoms with Crippen molar-refractivity contribution in [1.82, 2.24) is 4.90 Å². The highest BCUT2D eigenvalue weighted by Crippen LogP contribution is 2.51. The summed E-state index contributed by atoms with van der Waals surface area (Å²) >= 11 is 0. The molecular weight excluding hydrogens is 450 g/mol. The zero-order chi connectivity index (χ0) is 25.4. The largest absolute Gasteiger partial charge is 0.508 e. The highest BCUT2D eigenvalue weighted by molar-refractivity contribution is 5.97. The van der Waals surface area contributed by atoms with Gasteiger partial charge in [-0.1, -0.05) is 31.2 Å². The molecule has 36 heavy (non-hydrogen) atoms. The van der Waals surface area contributed by atoms with Crippen LogP contribution in [-0.4, -0.2) is 40.9 Å². The molecule has 0 aliphatic carbocycles. The van der Waals surface area contributed by atoms with E-state index in [0.717, 1.165) is 52.6 Å². The van der Waals surface area contributed by atoms with Crippen LogP contribution in [0.1, 0.15) is 50.8 Å². The predicted octanol–water partition coefficient (Wildman–Crippen LogP) is 6.45. The Morgan fingerprint density at radius 1 is 1.06 bits per heavy atom. The number of phenols is 2. The molecule has 5 heteroatoms. The Kier molecular flexibility index (Phi) is 6.44. The number of aromatic hydroxyl groups is 2. The maximum absolute atomic E-state index is 10.2. The van der Waals surface area contributed by atoms with Crippen LogP contribution in [0.3, 0.4) is 0 Å². The van der Waals surface area contributed by atoms with Gasteiger partial charge in [-0.3, -0.25) is 4.90 Å². The van der Waals surface area contributed by atoms with E-state index in [0.29, 0.717) is 18.4 Å². The first-order chi connectivity index (χ1) is 17.2. The number of hydrogen-bond acceptors (Lipinski definition) is 5. The lowest BCUT2D eigenvalue weighted by Gasteiger charge is -2.40. The molecule has 3 unspecified atom stereocenters. The molecule has 188 valence electrons. The Labute approximate surface area is 213 Å². The van der Waals surface area contributed by atoms with Crippen LogP contribution in [0.2, 0.25) is 0 Å². The van der Waals surface area contributed by atoms with Gasteiger partial charge in [-0.05, 0) is 98.8 Å². The Bertz CT molecular complexity index is 1280. The Morgan fingerprint density at radius 3 is 2.50 bits per heavy atom. The van der Waals surface area contributed by atoms with Gasteiger partial charge in [0.15, 0.2) is 5.60 Å². The number of hydrogen-bond donors (Lipinski definition) is 2. The van der Waals surface area contributed by atoms with Gasteiger partial charge < -0.3 is 19.7 Å². The highest BCUT2D eigenvalue weighted by Gasteiger charge is 2.40. The van der Waals surface area contributed by atoms with E-state index in [-0.39, 0.29) is 11.5 Å². The van der Waals surface area contributed by atoms with Crippen LogP contribution in [0.25, 0.3) is 11.1 Å². The third kappa shape index (κ3) is 4.56. The van der Waals surface area contributed by atoms with E-state index in [9.17, 15) is 10.2 Å². The lowest BCUT2D eigenvalue weighted by Crippen LogP contribution is -2.35. The van der Waals surface area contributed by atoms with E-state index in [2.05, 4.69) is 37.8 Å². The van der Waals surface area contributed by atoms with Gasteiger partial charge in [0.05, 0.1) is 0 Å². The summed E-state index contributed by atoms with van der Waals surface area (Å²) < 4.78 is 12.8. The van der Waals surface area contributed by atoms with Gasteiger partial charge in [0.1, 0.15) is 29.6 Å². The van der Waals surface area contributed by atoms with Gasteiger partial charge in [-0.25, -0.2) is 0 Å². The summed E-state index contributed by atoms with van der Waals surface area (Å²) in [5.74, 6) is 2.69. The van der Waals surface area contributed by atoms with Gasteiger partial charge >= 0.3 is 0 Å². The quantitative estimate of drug-likeness (QED) is 0.420. The van der Waals surface area contributed by atoms with Crippen molar-refractivity contribution in [1.29, 1.82) is 0 Å². The fourth-order valence-electron chi connectivity index (χ4n) is 5.58. The average Bonchev–Trinajstić information content (AvgIpc) is 3.30. The number of fused-ring (bicyclic) bond motifs is 1. The minimum Gasteiger partial charge on any atom is -0.508 e. The van der Waals surface area contributed by atoms with E-state index in [4.69, 9.17) is 9.47 Å². The summed E-state index contributed by atoms with van der Waals surface area (Å²) in [5.41, 5.74) is 3.83. The monoisotopic (exact) mass is 485 g/mol. The summed E-state index contributed by atoms with van der Waals surface area (Å²) in [7, 11) is 0. The topological polar surface area (TPSA) is 62.2 Å². The highest BCUT2D eigenvalue weighted by atomic mass is 16.5. The molecule has 3 aromatic carbocycles. The summed E-state index contributed by atoms with van der Waals surface area (Å²) in [4.78, 5) is 2.50. The number of rotatable bonds is 6. The molecule has 2 heterocycles. The van der Waals surface area contributed by atoms with Crippen molar-refractivity contribution in [2.75, 3.05) is 19.7 Å². The second-order valence-corrected chi connectivity index (χ2v) is 10.4. The number of ether oxygens (including phenoxy) is 2. The summed E-state index contributed by atoms with van der Waals surface area (Å²) in [6.07, 6.45) is 1.26. The van der Waals surface area contributed by atoms with Gasteiger partial charge in [-0.15, -0.1) is 0 Å². The molecule has 1 saturated heterocycles. The Balaban J connectivity index is 1.45. The maximum Gasteiger partial charge on any atom is 0.157 e. The summed E-state index contributed by atoms with van der Waals surface area (Å²) in [6.45, 7) is 11.6. The van der Waals surface area contributed by atoms with Crippen LogP contribution in [0.15, 0.2) is 66.7 Å². The van der Waals surface area contributed by atoms with Crippen molar-refractivity contribution in [3.05, 3.63) is 83.4 Å². The molecule has 0 saturated carbocycles. The van der Waals surface area contributed by atoms with Crippen LogP contribution < -0.4 is 9.47 Å². The molecule has 0 bridgehead atoms. The van der Waals surface area contributed by atoms with E-state index < -0.39 is 5.60 Å². The number of nitrogens with zero attached hydrogens (tertiary/aromatic N) is 1. The molecule has 3 aromatic rings.